The number of aryl methyl sites for hydroxylation is 1. The lowest BCUT2D eigenvalue weighted by molar-refractivity contribution is 0.492. The van der Waals surface area contributed by atoms with Crippen molar-refractivity contribution < 1.29 is 8.78 Å². The first-order chi connectivity index (χ1) is 9.52. The van der Waals surface area contributed by atoms with Crippen LogP contribution in [-0.4, -0.2) is 16.3 Å². The zero-order chi connectivity index (χ0) is 14.7. The van der Waals surface area contributed by atoms with Crippen molar-refractivity contribution in [1.82, 2.24) is 15.1 Å². The van der Waals surface area contributed by atoms with E-state index in [1.165, 1.54) is 12.1 Å². The van der Waals surface area contributed by atoms with Crippen LogP contribution in [0.2, 0.25) is 5.02 Å². The minimum absolute atomic E-state index is 0.181. The van der Waals surface area contributed by atoms with E-state index in [2.05, 4.69) is 10.4 Å². The van der Waals surface area contributed by atoms with Gasteiger partial charge >= 0.3 is 0 Å². The third-order valence-electron chi connectivity index (χ3n) is 3.16. The van der Waals surface area contributed by atoms with E-state index >= 15 is 0 Å². The van der Waals surface area contributed by atoms with Gasteiger partial charge in [0.25, 0.3) is 0 Å². The average Bonchev–Trinajstić information content (AvgIpc) is 2.72. The second-order valence-corrected chi connectivity index (χ2v) is 4.96. The Hall–Kier alpha value is -1.46. The van der Waals surface area contributed by atoms with Crippen LogP contribution in [0.3, 0.4) is 0 Å². The molecular weight excluding hydrogens is 284 g/mol. The van der Waals surface area contributed by atoms with Crippen LogP contribution in [0.1, 0.15) is 24.2 Å². The van der Waals surface area contributed by atoms with Crippen LogP contribution in [-0.2, 0) is 13.5 Å². The molecule has 1 unspecified atom stereocenters. The predicted molar refractivity (Wildman–Crippen MR) is 74.7 cm³/mol. The summed E-state index contributed by atoms with van der Waals surface area (Å²) < 4.78 is 28.4. The Labute approximate surface area is 121 Å². The summed E-state index contributed by atoms with van der Waals surface area (Å²) in [6, 6.07) is 3.43. The predicted octanol–water partition coefficient (Wildman–Crippen LogP) is 3.25. The molecule has 2 aromatic rings. The molecule has 1 heterocycles. The summed E-state index contributed by atoms with van der Waals surface area (Å²) in [7, 11) is 1.78. The highest BCUT2D eigenvalue weighted by Crippen LogP contribution is 2.26. The molecule has 1 aromatic carbocycles. The number of hydrogen-bond acceptors (Lipinski definition) is 2. The second kappa shape index (κ2) is 6.33. The number of aromatic nitrogens is 2. The van der Waals surface area contributed by atoms with Gasteiger partial charge in [0.1, 0.15) is 11.6 Å². The van der Waals surface area contributed by atoms with Crippen molar-refractivity contribution in [3.63, 3.8) is 0 Å². The number of nitrogens with zero attached hydrogens (tertiary/aromatic N) is 2. The third-order valence-corrected chi connectivity index (χ3v) is 3.45. The van der Waals surface area contributed by atoms with Crippen LogP contribution in [0.15, 0.2) is 24.4 Å². The summed E-state index contributed by atoms with van der Waals surface area (Å²) >= 11 is 6.13. The van der Waals surface area contributed by atoms with Crippen molar-refractivity contribution in [2.75, 3.05) is 6.54 Å². The lowest BCUT2D eigenvalue weighted by Crippen LogP contribution is -2.25. The van der Waals surface area contributed by atoms with Crippen molar-refractivity contribution >= 4 is 11.6 Å². The van der Waals surface area contributed by atoms with E-state index in [-0.39, 0.29) is 6.04 Å². The minimum atomic E-state index is -0.579. The number of rotatable bonds is 5. The first-order valence-electron chi connectivity index (χ1n) is 6.37. The molecule has 2 rings (SSSR count). The van der Waals surface area contributed by atoms with Gasteiger partial charge in [-0.15, -0.1) is 0 Å². The Bertz CT molecular complexity index is 579. The van der Waals surface area contributed by atoms with Gasteiger partial charge in [-0.3, -0.25) is 4.68 Å². The molecule has 0 aliphatic heterocycles. The van der Waals surface area contributed by atoms with E-state index in [9.17, 15) is 8.78 Å². The minimum Gasteiger partial charge on any atom is -0.309 e. The van der Waals surface area contributed by atoms with Crippen molar-refractivity contribution in [2.24, 2.45) is 7.05 Å². The summed E-state index contributed by atoms with van der Waals surface area (Å²) in [5.74, 6) is -1.13. The molecule has 0 radical (unpaired) electrons. The number of likely N-dealkylation sites (N-methyl/N-ethyl adjacent to an activating group) is 1. The van der Waals surface area contributed by atoms with Gasteiger partial charge in [-0.25, -0.2) is 8.78 Å². The zero-order valence-electron chi connectivity index (χ0n) is 11.3. The van der Waals surface area contributed by atoms with Gasteiger partial charge in [0.15, 0.2) is 0 Å². The second-order valence-electron chi connectivity index (χ2n) is 4.55. The lowest BCUT2D eigenvalue weighted by Gasteiger charge is -2.19. The Morgan fingerprint density at radius 2 is 2.15 bits per heavy atom. The van der Waals surface area contributed by atoms with Crippen LogP contribution in [0.25, 0.3) is 0 Å². The molecule has 0 bridgehead atoms. The fraction of sp³-hybridized carbons (Fsp3) is 0.357. The molecule has 1 aromatic heterocycles. The van der Waals surface area contributed by atoms with Crippen molar-refractivity contribution in [1.29, 1.82) is 0 Å². The maximum absolute atomic E-state index is 13.8. The Morgan fingerprint density at radius 1 is 1.40 bits per heavy atom. The maximum Gasteiger partial charge on any atom is 0.129 e. The van der Waals surface area contributed by atoms with E-state index in [4.69, 9.17) is 11.6 Å². The van der Waals surface area contributed by atoms with Gasteiger partial charge in [0.05, 0.1) is 23.0 Å². The maximum atomic E-state index is 13.8. The molecule has 108 valence electrons. The Morgan fingerprint density at radius 3 is 2.70 bits per heavy atom. The van der Waals surface area contributed by atoms with Crippen molar-refractivity contribution in [3.05, 3.63) is 52.3 Å². The molecule has 1 atom stereocenters. The molecule has 0 saturated heterocycles. The summed E-state index contributed by atoms with van der Waals surface area (Å²) in [6.07, 6.45) is 1.93. The monoisotopic (exact) mass is 299 g/mol. The molecule has 0 fully saturated rings. The molecule has 0 spiro atoms. The molecule has 0 aliphatic carbocycles. The largest absolute Gasteiger partial charge is 0.309 e. The molecular formula is C14H16ClF2N3. The number of halogens is 3. The SMILES string of the molecule is CCNC(Cc1ccc(F)cc1F)c1c(Cl)cnn1C. The summed E-state index contributed by atoms with van der Waals surface area (Å²) in [6.45, 7) is 2.66. The zero-order valence-corrected chi connectivity index (χ0v) is 12.1. The molecule has 1 N–H and O–H groups in total. The van der Waals surface area contributed by atoms with E-state index in [0.717, 1.165) is 11.8 Å². The molecule has 3 nitrogen and oxygen atoms in total. The van der Waals surface area contributed by atoms with Crippen molar-refractivity contribution in [2.45, 2.75) is 19.4 Å². The van der Waals surface area contributed by atoms with Gasteiger partial charge in [-0.2, -0.15) is 5.10 Å². The normalized spacial score (nSPS) is 12.7. The van der Waals surface area contributed by atoms with Crippen LogP contribution < -0.4 is 5.32 Å². The number of nitrogens with one attached hydrogen (secondary N) is 1. The highest BCUT2D eigenvalue weighted by atomic mass is 35.5. The van der Waals surface area contributed by atoms with E-state index in [1.807, 2.05) is 6.92 Å². The Balaban J connectivity index is 2.30. The molecule has 0 amide bonds. The summed E-state index contributed by atoms with van der Waals surface area (Å²) in [4.78, 5) is 0. The van der Waals surface area contributed by atoms with Crippen LogP contribution >= 0.6 is 11.6 Å². The molecule has 0 saturated carbocycles. The standard InChI is InChI=1S/C14H16ClF2N3/c1-3-18-13(14-11(15)8-19-20(14)2)6-9-4-5-10(16)7-12(9)17/h4-5,7-8,13,18H,3,6H2,1-2H3. The highest BCUT2D eigenvalue weighted by molar-refractivity contribution is 6.31. The average molecular weight is 300 g/mol. The van der Waals surface area contributed by atoms with E-state index < -0.39 is 11.6 Å². The fourth-order valence-corrected chi connectivity index (χ4v) is 2.53. The summed E-state index contributed by atoms with van der Waals surface area (Å²) in [5.41, 5.74) is 1.23. The smallest absolute Gasteiger partial charge is 0.129 e. The molecule has 6 heteroatoms. The third kappa shape index (κ3) is 3.16. The highest BCUT2D eigenvalue weighted by Gasteiger charge is 2.20. The first kappa shape index (κ1) is 14.9. The van der Waals surface area contributed by atoms with Gasteiger partial charge in [-0.05, 0) is 24.6 Å². The van der Waals surface area contributed by atoms with E-state index in [1.54, 1.807) is 17.9 Å². The molecule has 0 aliphatic rings. The van der Waals surface area contributed by atoms with Gasteiger partial charge < -0.3 is 5.32 Å². The fourth-order valence-electron chi connectivity index (χ4n) is 2.23. The quantitative estimate of drug-likeness (QED) is 0.918. The van der Waals surface area contributed by atoms with Gasteiger partial charge in [0, 0.05) is 13.1 Å². The van der Waals surface area contributed by atoms with Gasteiger partial charge in [-0.1, -0.05) is 24.6 Å². The van der Waals surface area contributed by atoms with Crippen molar-refractivity contribution in [3.8, 4) is 0 Å². The van der Waals surface area contributed by atoms with Crippen LogP contribution in [0.5, 0.6) is 0 Å². The number of hydrogen-bond donors (Lipinski definition) is 1. The van der Waals surface area contributed by atoms with Gasteiger partial charge in [0.2, 0.25) is 0 Å². The number of benzene rings is 1. The summed E-state index contributed by atoms with van der Waals surface area (Å²) in [5, 5.41) is 7.87. The van der Waals surface area contributed by atoms with Crippen LogP contribution in [0.4, 0.5) is 8.78 Å². The lowest BCUT2D eigenvalue weighted by atomic mass is 10.0. The van der Waals surface area contributed by atoms with E-state index in [0.29, 0.717) is 23.6 Å². The Kier molecular flexibility index (Phi) is 4.73. The first-order valence-corrected chi connectivity index (χ1v) is 6.75. The molecule has 20 heavy (non-hydrogen) atoms. The van der Waals surface area contributed by atoms with Crippen LogP contribution in [0, 0.1) is 11.6 Å². The topological polar surface area (TPSA) is 29.9 Å².